The Hall–Kier alpha value is -2.08. The van der Waals surface area contributed by atoms with Crippen LogP contribution in [0.25, 0.3) is 16.3 Å². The minimum absolute atomic E-state index is 0.594. The summed E-state index contributed by atoms with van der Waals surface area (Å²) < 4.78 is 7.06. The number of fused-ring (bicyclic) bond motifs is 1. The van der Waals surface area contributed by atoms with Crippen LogP contribution in [0.15, 0.2) is 29.8 Å². The second-order valence-electron chi connectivity index (χ2n) is 3.54. The van der Waals surface area contributed by atoms with Crippen LogP contribution in [0, 0.1) is 0 Å². The first-order valence-electron chi connectivity index (χ1n) is 5.01. The van der Waals surface area contributed by atoms with Gasteiger partial charge in [-0.15, -0.1) is 21.5 Å². The van der Waals surface area contributed by atoms with Gasteiger partial charge in [0, 0.05) is 17.1 Å². The second kappa shape index (κ2) is 3.74. The van der Waals surface area contributed by atoms with Gasteiger partial charge in [0.05, 0.1) is 12.8 Å². The predicted molar refractivity (Wildman–Crippen MR) is 67.3 cm³/mol. The lowest BCUT2D eigenvalue weighted by Gasteiger charge is -2.05. The first kappa shape index (κ1) is 10.1. The monoisotopic (exact) mass is 246 g/mol. The molecule has 0 saturated carbocycles. The molecule has 2 heterocycles. The Balaban J connectivity index is 2.16. The molecule has 0 bridgehead atoms. The van der Waals surface area contributed by atoms with Crippen LogP contribution in [-0.2, 0) is 0 Å². The summed E-state index contributed by atoms with van der Waals surface area (Å²) in [5.41, 5.74) is 7.40. The van der Waals surface area contributed by atoms with E-state index in [0.29, 0.717) is 11.4 Å². The van der Waals surface area contributed by atoms with E-state index >= 15 is 0 Å². The summed E-state index contributed by atoms with van der Waals surface area (Å²) >= 11 is 1.55. The minimum atomic E-state index is 0.594. The van der Waals surface area contributed by atoms with E-state index in [1.165, 1.54) is 0 Å². The summed E-state index contributed by atoms with van der Waals surface area (Å²) in [4.78, 5) is 0.870. The summed E-state index contributed by atoms with van der Waals surface area (Å²) in [5, 5.41) is 10.2. The maximum atomic E-state index is 5.88. The van der Waals surface area contributed by atoms with Gasteiger partial charge in [0.2, 0.25) is 4.96 Å². The fourth-order valence-corrected chi connectivity index (χ4v) is 2.37. The molecule has 0 aliphatic rings. The molecule has 0 saturated heterocycles. The zero-order chi connectivity index (χ0) is 11.8. The largest absolute Gasteiger partial charge is 0.495 e. The van der Waals surface area contributed by atoms with Crippen LogP contribution in [-0.4, -0.2) is 21.7 Å². The van der Waals surface area contributed by atoms with Crippen LogP contribution in [0.4, 0.5) is 5.69 Å². The van der Waals surface area contributed by atoms with E-state index in [0.717, 1.165) is 16.3 Å². The fraction of sp³-hybridized carbons (Fsp3) is 0.0909. The van der Waals surface area contributed by atoms with Crippen molar-refractivity contribution in [2.45, 2.75) is 0 Å². The highest BCUT2D eigenvalue weighted by atomic mass is 32.1. The van der Waals surface area contributed by atoms with Gasteiger partial charge in [0.15, 0.2) is 5.82 Å². The summed E-state index contributed by atoms with van der Waals surface area (Å²) in [7, 11) is 1.60. The summed E-state index contributed by atoms with van der Waals surface area (Å²) in [6.45, 7) is 0. The van der Waals surface area contributed by atoms with E-state index in [1.807, 2.05) is 34.2 Å². The summed E-state index contributed by atoms with van der Waals surface area (Å²) in [6.07, 6.45) is 1.94. The number of hydrogen-bond donors (Lipinski definition) is 1. The Kier molecular flexibility index (Phi) is 2.22. The van der Waals surface area contributed by atoms with Gasteiger partial charge in [-0.2, -0.15) is 0 Å². The van der Waals surface area contributed by atoms with Gasteiger partial charge in [-0.3, -0.25) is 4.40 Å². The Morgan fingerprint density at radius 1 is 1.35 bits per heavy atom. The van der Waals surface area contributed by atoms with Gasteiger partial charge >= 0.3 is 0 Å². The van der Waals surface area contributed by atoms with E-state index in [4.69, 9.17) is 10.5 Å². The zero-order valence-electron chi connectivity index (χ0n) is 9.12. The maximum absolute atomic E-state index is 5.88. The van der Waals surface area contributed by atoms with Crippen molar-refractivity contribution in [3.8, 4) is 17.1 Å². The SMILES string of the molecule is COc1ccc(-c2nnc3sccn23)cc1N. The number of anilines is 1. The van der Waals surface area contributed by atoms with Crippen molar-refractivity contribution < 1.29 is 4.74 Å². The highest BCUT2D eigenvalue weighted by Gasteiger charge is 2.10. The number of nitrogens with two attached hydrogens (primary N) is 1. The van der Waals surface area contributed by atoms with Crippen LogP contribution in [0.5, 0.6) is 5.75 Å². The topological polar surface area (TPSA) is 65.4 Å². The van der Waals surface area contributed by atoms with Gasteiger partial charge < -0.3 is 10.5 Å². The molecule has 6 heteroatoms. The van der Waals surface area contributed by atoms with E-state index in [9.17, 15) is 0 Å². The molecular formula is C11H10N4OS. The number of aromatic nitrogens is 3. The van der Waals surface area contributed by atoms with E-state index in [2.05, 4.69) is 10.2 Å². The molecular weight excluding hydrogens is 236 g/mol. The smallest absolute Gasteiger partial charge is 0.216 e. The van der Waals surface area contributed by atoms with Gasteiger partial charge in [0.25, 0.3) is 0 Å². The molecule has 3 rings (SSSR count). The van der Waals surface area contributed by atoms with Crippen LogP contribution in [0.2, 0.25) is 0 Å². The Morgan fingerprint density at radius 2 is 2.24 bits per heavy atom. The van der Waals surface area contributed by atoms with Gasteiger partial charge in [-0.05, 0) is 18.2 Å². The number of ether oxygens (including phenoxy) is 1. The van der Waals surface area contributed by atoms with Crippen molar-refractivity contribution in [1.82, 2.24) is 14.6 Å². The molecule has 0 aliphatic carbocycles. The first-order valence-corrected chi connectivity index (χ1v) is 5.89. The van der Waals surface area contributed by atoms with Crippen molar-refractivity contribution in [1.29, 1.82) is 0 Å². The molecule has 0 aliphatic heterocycles. The molecule has 5 nitrogen and oxygen atoms in total. The highest BCUT2D eigenvalue weighted by Crippen LogP contribution is 2.28. The maximum Gasteiger partial charge on any atom is 0.216 e. The quantitative estimate of drug-likeness (QED) is 0.703. The van der Waals surface area contributed by atoms with Crippen LogP contribution in [0.1, 0.15) is 0 Å². The molecule has 0 amide bonds. The normalized spacial score (nSPS) is 10.9. The zero-order valence-corrected chi connectivity index (χ0v) is 9.94. The lowest BCUT2D eigenvalue weighted by molar-refractivity contribution is 0.417. The molecule has 3 aromatic rings. The standard InChI is InChI=1S/C11H10N4OS/c1-16-9-3-2-7(6-8(9)12)10-13-14-11-15(10)4-5-17-11/h2-6H,12H2,1H3. The number of methoxy groups -OCH3 is 1. The van der Waals surface area contributed by atoms with Crippen molar-refractivity contribution in [2.75, 3.05) is 12.8 Å². The molecule has 0 spiro atoms. The first-order chi connectivity index (χ1) is 8.29. The number of nitrogens with zero attached hydrogens (tertiary/aromatic N) is 3. The lowest BCUT2D eigenvalue weighted by Crippen LogP contribution is -1.94. The molecule has 0 atom stereocenters. The van der Waals surface area contributed by atoms with Crippen molar-refractivity contribution in [3.63, 3.8) is 0 Å². The molecule has 2 aromatic heterocycles. The van der Waals surface area contributed by atoms with Gasteiger partial charge in [-0.1, -0.05) is 0 Å². The summed E-state index contributed by atoms with van der Waals surface area (Å²) in [5.74, 6) is 1.45. The molecule has 0 unspecified atom stereocenters. The van der Waals surface area contributed by atoms with Gasteiger partial charge in [0.1, 0.15) is 5.75 Å². The third-order valence-electron chi connectivity index (χ3n) is 2.54. The van der Waals surface area contributed by atoms with E-state index in [-0.39, 0.29) is 0 Å². The second-order valence-corrected chi connectivity index (χ2v) is 4.41. The van der Waals surface area contributed by atoms with E-state index in [1.54, 1.807) is 18.4 Å². The Morgan fingerprint density at radius 3 is 3.00 bits per heavy atom. The number of thiazole rings is 1. The lowest BCUT2D eigenvalue weighted by atomic mass is 10.2. The molecule has 1 aromatic carbocycles. The van der Waals surface area contributed by atoms with Gasteiger partial charge in [-0.25, -0.2) is 0 Å². The Bertz CT molecular complexity index is 673. The fourth-order valence-electron chi connectivity index (χ4n) is 1.71. The molecule has 0 fully saturated rings. The summed E-state index contributed by atoms with van der Waals surface area (Å²) in [6, 6.07) is 5.59. The van der Waals surface area contributed by atoms with Crippen LogP contribution >= 0.6 is 11.3 Å². The number of hydrogen-bond acceptors (Lipinski definition) is 5. The third-order valence-corrected chi connectivity index (χ3v) is 3.28. The Labute approximate surface area is 101 Å². The average Bonchev–Trinajstić information content (AvgIpc) is 2.90. The minimum Gasteiger partial charge on any atom is -0.495 e. The van der Waals surface area contributed by atoms with Crippen molar-refractivity contribution in [3.05, 3.63) is 29.8 Å². The number of benzene rings is 1. The van der Waals surface area contributed by atoms with Crippen molar-refractivity contribution >= 4 is 22.0 Å². The third kappa shape index (κ3) is 1.53. The molecule has 17 heavy (non-hydrogen) atoms. The predicted octanol–water partition coefficient (Wildman–Crippen LogP) is 2.05. The molecule has 86 valence electrons. The number of nitrogen functional groups attached to an aromatic ring is 1. The van der Waals surface area contributed by atoms with Crippen LogP contribution in [0.3, 0.4) is 0 Å². The average molecular weight is 246 g/mol. The molecule has 2 N–H and O–H groups in total. The number of rotatable bonds is 2. The highest BCUT2D eigenvalue weighted by molar-refractivity contribution is 7.15. The van der Waals surface area contributed by atoms with Crippen molar-refractivity contribution in [2.24, 2.45) is 0 Å². The van der Waals surface area contributed by atoms with E-state index < -0.39 is 0 Å². The molecule has 0 radical (unpaired) electrons. The van der Waals surface area contributed by atoms with Crippen LogP contribution < -0.4 is 10.5 Å².